The zero-order chi connectivity index (χ0) is 28.8. The van der Waals surface area contributed by atoms with Gasteiger partial charge in [-0.2, -0.15) is 0 Å². The third kappa shape index (κ3) is 6.28. The number of oxazole rings is 1. The maximum Gasteiger partial charge on any atom is 0.407 e. The van der Waals surface area contributed by atoms with Crippen LogP contribution < -0.4 is 10.6 Å². The molecule has 0 saturated heterocycles. The van der Waals surface area contributed by atoms with Crippen molar-refractivity contribution >= 4 is 18.0 Å². The SMILES string of the molecule is CC(OCc1ccccc1)C(NC(=O)OCC1c2ccccc2-c2ccccc21)C(=O)NCc1ocnc1C(=O)O. The van der Waals surface area contributed by atoms with Crippen LogP contribution in [0.5, 0.6) is 0 Å². The van der Waals surface area contributed by atoms with Gasteiger partial charge in [-0.25, -0.2) is 14.6 Å². The number of nitrogens with zero attached hydrogens (tertiary/aromatic N) is 1. The van der Waals surface area contributed by atoms with Gasteiger partial charge in [0.1, 0.15) is 12.6 Å². The van der Waals surface area contributed by atoms with Crippen molar-refractivity contribution in [3.8, 4) is 11.1 Å². The molecule has 1 heterocycles. The zero-order valence-electron chi connectivity index (χ0n) is 22.3. The Hall–Kier alpha value is -4.96. The molecule has 0 fully saturated rings. The summed E-state index contributed by atoms with van der Waals surface area (Å²) in [5.74, 6) is -2.06. The van der Waals surface area contributed by atoms with Crippen LogP contribution in [-0.2, 0) is 27.4 Å². The Morgan fingerprint density at radius 2 is 1.59 bits per heavy atom. The number of hydrogen-bond acceptors (Lipinski definition) is 7. The van der Waals surface area contributed by atoms with Crippen molar-refractivity contribution in [3.05, 3.63) is 113 Å². The number of fused-ring (bicyclic) bond motifs is 3. The first-order chi connectivity index (χ1) is 19.9. The molecule has 210 valence electrons. The molecule has 3 N–H and O–H groups in total. The normalized spacial score (nSPS) is 13.5. The van der Waals surface area contributed by atoms with Gasteiger partial charge in [0, 0.05) is 5.92 Å². The predicted octanol–water partition coefficient (Wildman–Crippen LogP) is 4.50. The van der Waals surface area contributed by atoms with Crippen LogP contribution in [0.3, 0.4) is 0 Å². The fourth-order valence-electron chi connectivity index (χ4n) is 4.91. The van der Waals surface area contributed by atoms with Crippen molar-refractivity contribution in [1.29, 1.82) is 0 Å². The summed E-state index contributed by atoms with van der Waals surface area (Å²) >= 11 is 0. The largest absolute Gasteiger partial charge is 0.476 e. The first-order valence-electron chi connectivity index (χ1n) is 13.1. The minimum absolute atomic E-state index is 0.0244. The molecule has 1 aliphatic carbocycles. The van der Waals surface area contributed by atoms with Crippen molar-refractivity contribution in [2.24, 2.45) is 0 Å². The number of amides is 2. The van der Waals surface area contributed by atoms with Gasteiger partial charge in [-0.15, -0.1) is 0 Å². The summed E-state index contributed by atoms with van der Waals surface area (Å²) in [6.45, 7) is 1.71. The average molecular weight is 556 g/mol. The molecule has 0 spiro atoms. The van der Waals surface area contributed by atoms with E-state index in [1.807, 2.05) is 78.9 Å². The lowest BCUT2D eigenvalue weighted by Gasteiger charge is -2.25. The van der Waals surface area contributed by atoms with Crippen molar-refractivity contribution in [2.75, 3.05) is 6.61 Å². The molecule has 10 heteroatoms. The van der Waals surface area contributed by atoms with Crippen molar-refractivity contribution in [3.63, 3.8) is 0 Å². The molecule has 10 nitrogen and oxygen atoms in total. The second kappa shape index (κ2) is 12.5. The number of nitrogens with one attached hydrogen (secondary N) is 2. The topological polar surface area (TPSA) is 140 Å². The highest BCUT2D eigenvalue weighted by Crippen LogP contribution is 2.44. The number of carbonyl (C=O) groups excluding carboxylic acids is 2. The van der Waals surface area contributed by atoms with Crippen LogP contribution in [-0.4, -0.2) is 46.8 Å². The number of alkyl carbamates (subject to hydrolysis) is 1. The highest BCUT2D eigenvalue weighted by Gasteiger charge is 2.32. The Morgan fingerprint density at radius 3 is 2.24 bits per heavy atom. The first-order valence-corrected chi connectivity index (χ1v) is 13.1. The molecule has 2 atom stereocenters. The van der Waals surface area contributed by atoms with Crippen LogP contribution in [0.15, 0.2) is 89.7 Å². The molecule has 41 heavy (non-hydrogen) atoms. The van der Waals surface area contributed by atoms with E-state index in [0.717, 1.165) is 34.2 Å². The van der Waals surface area contributed by atoms with Gasteiger partial charge in [0.15, 0.2) is 17.8 Å². The fourth-order valence-corrected chi connectivity index (χ4v) is 4.91. The lowest BCUT2D eigenvalue weighted by molar-refractivity contribution is -0.127. The summed E-state index contributed by atoms with van der Waals surface area (Å²) < 4.78 is 16.7. The second-order valence-corrected chi connectivity index (χ2v) is 9.60. The van der Waals surface area contributed by atoms with Crippen LogP contribution in [0.1, 0.15) is 45.8 Å². The number of carboxylic acid groups (broad SMARTS) is 1. The molecule has 3 aromatic carbocycles. The first kappa shape index (κ1) is 27.6. The van der Waals surface area contributed by atoms with E-state index < -0.39 is 30.1 Å². The quantitative estimate of drug-likeness (QED) is 0.246. The molecule has 1 aliphatic rings. The standard InChI is InChI=1S/C31H29N3O7/c1-19(39-16-20-9-3-2-4-10-20)27(29(35)32-15-26-28(30(36)37)33-18-41-26)34-31(38)40-17-25-23-13-7-5-11-21(23)22-12-6-8-14-24(22)25/h2-14,18-19,25,27H,15-17H2,1H3,(H,32,35)(H,34,38)(H,36,37). The predicted molar refractivity (Wildman–Crippen MR) is 148 cm³/mol. The lowest BCUT2D eigenvalue weighted by Crippen LogP contribution is -2.53. The van der Waals surface area contributed by atoms with E-state index >= 15 is 0 Å². The van der Waals surface area contributed by atoms with E-state index in [4.69, 9.17) is 13.9 Å². The van der Waals surface area contributed by atoms with Crippen molar-refractivity contribution < 1.29 is 33.4 Å². The molecular weight excluding hydrogens is 526 g/mol. The minimum Gasteiger partial charge on any atom is -0.476 e. The van der Waals surface area contributed by atoms with E-state index in [-0.39, 0.29) is 37.1 Å². The van der Waals surface area contributed by atoms with Gasteiger partial charge in [0.25, 0.3) is 0 Å². The van der Waals surface area contributed by atoms with Crippen LogP contribution in [0.25, 0.3) is 11.1 Å². The van der Waals surface area contributed by atoms with Gasteiger partial charge in [-0.05, 0) is 34.7 Å². The molecule has 0 saturated carbocycles. The Balaban J connectivity index is 1.26. The summed E-state index contributed by atoms with van der Waals surface area (Å²) in [4.78, 5) is 41.2. The van der Waals surface area contributed by atoms with Gasteiger partial charge in [-0.1, -0.05) is 78.9 Å². The Kier molecular flexibility index (Phi) is 8.40. The number of carboxylic acids is 1. The van der Waals surface area contributed by atoms with E-state index in [9.17, 15) is 19.5 Å². The molecule has 2 amide bonds. The number of aromatic nitrogens is 1. The second-order valence-electron chi connectivity index (χ2n) is 9.60. The molecule has 2 unspecified atom stereocenters. The molecule has 0 aliphatic heterocycles. The van der Waals surface area contributed by atoms with E-state index in [1.54, 1.807) is 6.92 Å². The fraction of sp³-hybridized carbons (Fsp3) is 0.226. The van der Waals surface area contributed by atoms with E-state index in [2.05, 4.69) is 15.6 Å². The van der Waals surface area contributed by atoms with Gasteiger partial charge in [-0.3, -0.25) is 4.79 Å². The number of hydrogen-bond donors (Lipinski definition) is 3. The minimum atomic E-state index is -1.28. The third-order valence-corrected chi connectivity index (χ3v) is 6.99. The number of ether oxygens (including phenoxy) is 2. The number of rotatable bonds is 11. The maximum absolute atomic E-state index is 13.2. The smallest absolute Gasteiger partial charge is 0.407 e. The average Bonchev–Trinajstić information content (AvgIpc) is 3.60. The van der Waals surface area contributed by atoms with E-state index in [1.165, 1.54) is 0 Å². The highest BCUT2D eigenvalue weighted by atomic mass is 16.5. The van der Waals surface area contributed by atoms with Gasteiger partial charge < -0.3 is 29.6 Å². The van der Waals surface area contributed by atoms with E-state index in [0.29, 0.717) is 0 Å². The number of benzene rings is 3. The Morgan fingerprint density at radius 1 is 0.951 bits per heavy atom. The molecule has 4 aromatic rings. The number of aromatic carboxylic acids is 1. The maximum atomic E-state index is 13.2. The molecule has 0 bridgehead atoms. The van der Waals surface area contributed by atoms with Crippen molar-refractivity contribution in [1.82, 2.24) is 15.6 Å². The Labute approximate surface area is 236 Å². The monoisotopic (exact) mass is 555 g/mol. The van der Waals surface area contributed by atoms with Gasteiger partial charge in [0.2, 0.25) is 5.91 Å². The van der Waals surface area contributed by atoms with Crippen LogP contribution in [0.2, 0.25) is 0 Å². The zero-order valence-corrected chi connectivity index (χ0v) is 22.3. The van der Waals surface area contributed by atoms with Crippen LogP contribution in [0, 0.1) is 0 Å². The van der Waals surface area contributed by atoms with Crippen molar-refractivity contribution in [2.45, 2.75) is 38.1 Å². The Bertz CT molecular complexity index is 1490. The summed E-state index contributed by atoms with van der Waals surface area (Å²) in [6.07, 6.45) is -0.555. The summed E-state index contributed by atoms with van der Waals surface area (Å²) in [6, 6.07) is 24.3. The van der Waals surface area contributed by atoms with Crippen LogP contribution >= 0.6 is 0 Å². The van der Waals surface area contributed by atoms with Gasteiger partial charge >= 0.3 is 12.1 Å². The number of carbonyl (C=O) groups is 3. The molecule has 1 aromatic heterocycles. The summed E-state index contributed by atoms with van der Waals surface area (Å²) in [5, 5.41) is 14.5. The van der Waals surface area contributed by atoms with Crippen LogP contribution in [0.4, 0.5) is 4.79 Å². The lowest BCUT2D eigenvalue weighted by atomic mass is 9.98. The third-order valence-electron chi connectivity index (χ3n) is 6.99. The molecule has 0 radical (unpaired) electrons. The molecule has 5 rings (SSSR count). The highest BCUT2D eigenvalue weighted by molar-refractivity contribution is 5.88. The summed E-state index contributed by atoms with van der Waals surface area (Å²) in [7, 11) is 0. The molecular formula is C31H29N3O7. The summed E-state index contributed by atoms with van der Waals surface area (Å²) in [5.41, 5.74) is 4.93. The van der Waals surface area contributed by atoms with Gasteiger partial charge in [0.05, 0.1) is 19.3 Å².